The highest BCUT2D eigenvalue weighted by atomic mass is 16.2. The van der Waals surface area contributed by atoms with E-state index in [1.54, 1.807) is 24.4 Å². The second-order valence-electron chi connectivity index (χ2n) is 4.63. The number of aryl methyl sites for hydroxylation is 2. The minimum absolute atomic E-state index is 0.150. The van der Waals surface area contributed by atoms with E-state index in [2.05, 4.69) is 22.1 Å². The summed E-state index contributed by atoms with van der Waals surface area (Å²) in [6.07, 6.45) is 3.53. The Morgan fingerprint density at radius 1 is 1.48 bits per heavy atom. The molecule has 5 nitrogen and oxygen atoms in total. The number of nitrogens with zero attached hydrogens (tertiary/aromatic N) is 2. The van der Waals surface area contributed by atoms with Gasteiger partial charge in [0.2, 0.25) is 0 Å². The van der Waals surface area contributed by atoms with E-state index in [1.807, 2.05) is 24.7 Å². The molecule has 21 heavy (non-hydrogen) atoms. The van der Waals surface area contributed by atoms with E-state index in [1.165, 1.54) is 0 Å². The van der Waals surface area contributed by atoms with Gasteiger partial charge in [-0.15, -0.1) is 0 Å². The molecule has 2 N–H and O–H groups in total. The van der Waals surface area contributed by atoms with Gasteiger partial charge >= 0.3 is 0 Å². The standard InChI is InChI=1S/C16H17N3O2/c1-12-10-14(6-5-13(12)4-3-9-20)16(21)18-11-15-17-7-8-19(15)2/h5-8,10,20H,9,11H2,1-2H3,(H,18,21). The maximum Gasteiger partial charge on any atom is 0.251 e. The van der Waals surface area contributed by atoms with E-state index in [-0.39, 0.29) is 12.5 Å². The van der Waals surface area contributed by atoms with E-state index in [9.17, 15) is 4.79 Å². The number of hydrogen-bond donors (Lipinski definition) is 2. The lowest BCUT2D eigenvalue weighted by Gasteiger charge is -2.07. The zero-order valence-corrected chi connectivity index (χ0v) is 12.1. The van der Waals surface area contributed by atoms with Crippen molar-refractivity contribution in [2.45, 2.75) is 13.5 Å². The number of aliphatic hydroxyl groups excluding tert-OH is 1. The quantitative estimate of drug-likeness (QED) is 0.826. The van der Waals surface area contributed by atoms with E-state index in [0.29, 0.717) is 12.1 Å². The highest BCUT2D eigenvalue weighted by molar-refractivity contribution is 5.94. The summed E-state index contributed by atoms with van der Waals surface area (Å²) >= 11 is 0. The Labute approximate surface area is 123 Å². The van der Waals surface area contributed by atoms with Crippen LogP contribution in [0, 0.1) is 18.8 Å². The Morgan fingerprint density at radius 3 is 2.90 bits per heavy atom. The molecule has 0 unspecified atom stereocenters. The van der Waals surface area contributed by atoms with Crippen molar-refractivity contribution in [1.82, 2.24) is 14.9 Å². The van der Waals surface area contributed by atoms with Gasteiger partial charge in [-0.05, 0) is 30.7 Å². The number of carbonyl (C=O) groups excluding carboxylic acids is 1. The molecule has 0 bridgehead atoms. The predicted molar refractivity (Wildman–Crippen MR) is 79.5 cm³/mol. The third-order valence-electron chi connectivity index (χ3n) is 3.12. The molecule has 2 aromatic rings. The van der Waals surface area contributed by atoms with Crippen LogP contribution in [-0.2, 0) is 13.6 Å². The molecule has 0 atom stereocenters. The molecule has 0 fully saturated rings. The first-order chi connectivity index (χ1) is 10.1. The molecule has 108 valence electrons. The SMILES string of the molecule is Cc1cc(C(=O)NCc2nccn2C)ccc1C#CCO. The Balaban J connectivity index is 2.06. The molecule has 0 radical (unpaired) electrons. The molecular weight excluding hydrogens is 266 g/mol. The zero-order valence-electron chi connectivity index (χ0n) is 12.1. The van der Waals surface area contributed by atoms with Crippen LogP contribution in [0.5, 0.6) is 0 Å². The Hall–Kier alpha value is -2.58. The number of rotatable bonds is 3. The van der Waals surface area contributed by atoms with Crippen LogP contribution in [0.25, 0.3) is 0 Å². The van der Waals surface area contributed by atoms with Crippen molar-refractivity contribution >= 4 is 5.91 Å². The summed E-state index contributed by atoms with van der Waals surface area (Å²) in [5.41, 5.74) is 2.29. The Bertz CT molecular complexity index is 708. The maximum atomic E-state index is 12.1. The number of benzene rings is 1. The van der Waals surface area contributed by atoms with Crippen molar-refractivity contribution in [1.29, 1.82) is 0 Å². The molecule has 0 saturated heterocycles. The normalized spacial score (nSPS) is 9.86. The summed E-state index contributed by atoms with van der Waals surface area (Å²) in [6, 6.07) is 5.30. The third kappa shape index (κ3) is 3.71. The van der Waals surface area contributed by atoms with Gasteiger partial charge in [0.15, 0.2) is 0 Å². The van der Waals surface area contributed by atoms with Crippen LogP contribution in [0.1, 0.15) is 27.3 Å². The monoisotopic (exact) mass is 283 g/mol. The van der Waals surface area contributed by atoms with Crippen molar-refractivity contribution in [2.75, 3.05) is 6.61 Å². The van der Waals surface area contributed by atoms with Crippen molar-refractivity contribution in [3.63, 3.8) is 0 Å². The number of imidazole rings is 1. The van der Waals surface area contributed by atoms with Gasteiger partial charge in [0.1, 0.15) is 12.4 Å². The van der Waals surface area contributed by atoms with Crippen LogP contribution in [0.3, 0.4) is 0 Å². The van der Waals surface area contributed by atoms with Crippen LogP contribution in [-0.4, -0.2) is 27.2 Å². The van der Waals surface area contributed by atoms with Gasteiger partial charge in [-0.25, -0.2) is 4.98 Å². The summed E-state index contributed by atoms with van der Waals surface area (Å²) in [5.74, 6) is 6.09. The third-order valence-corrected chi connectivity index (χ3v) is 3.12. The zero-order chi connectivity index (χ0) is 15.2. The average Bonchev–Trinajstić information content (AvgIpc) is 2.88. The minimum Gasteiger partial charge on any atom is -0.384 e. The highest BCUT2D eigenvalue weighted by Crippen LogP contribution is 2.10. The van der Waals surface area contributed by atoms with E-state index in [0.717, 1.165) is 17.0 Å². The lowest BCUT2D eigenvalue weighted by molar-refractivity contribution is 0.0949. The largest absolute Gasteiger partial charge is 0.384 e. The highest BCUT2D eigenvalue weighted by Gasteiger charge is 2.08. The summed E-state index contributed by atoms with van der Waals surface area (Å²) in [5, 5.41) is 11.5. The summed E-state index contributed by atoms with van der Waals surface area (Å²) in [7, 11) is 1.88. The molecular formula is C16H17N3O2. The van der Waals surface area contributed by atoms with Gasteiger partial charge in [-0.2, -0.15) is 0 Å². The number of aromatic nitrogens is 2. The summed E-state index contributed by atoms with van der Waals surface area (Å²) in [4.78, 5) is 16.3. The fraction of sp³-hybridized carbons (Fsp3) is 0.250. The molecule has 1 heterocycles. The fourth-order valence-electron chi connectivity index (χ4n) is 1.91. The van der Waals surface area contributed by atoms with Crippen LogP contribution < -0.4 is 5.32 Å². The van der Waals surface area contributed by atoms with Crippen LogP contribution in [0.15, 0.2) is 30.6 Å². The molecule has 0 aliphatic heterocycles. The van der Waals surface area contributed by atoms with Crippen molar-refractivity contribution in [2.24, 2.45) is 7.05 Å². The molecule has 1 aromatic carbocycles. The van der Waals surface area contributed by atoms with Crippen molar-refractivity contribution < 1.29 is 9.90 Å². The molecule has 1 aromatic heterocycles. The molecule has 0 aliphatic rings. The molecule has 1 amide bonds. The second-order valence-corrected chi connectivity index (χ2v) is 4.63. The topological polar surface area (TPSA) is 67.2 Å². The number of hydrogen-bond acceptors (Lipinski definition) is 3. The number of amides is 1. The molecule has 0 saturated carbocycles. The number of nitrogens with one attached hydrogen (secondary N) is 1. The van der Waals surface area contributed by atoms with Gasteiger partial charge in [0.25, 0.3) is 5.91 Å². The van der Waals surface area contributed by atoms with E-state index < -0.39 is 0 Å². The first kappa shape index (κ1) is 14.8. The van der Waals surface area contributed by atoms with Gasteiger partial charge in [-0.3, -0.25) is 4.79 Å². The molecule has 0 spiro atoms. The first-order valence-corrected chi connectivity index (χ1v) is 6.56. The lowest BCUT2D eigenvalue weighted by atomic mass is 10.0. The molecule has 0 aliphatic carbocycles. The number of carbonyl (C=O) groups is 1. The van der Waals surface area contributed by atoms with E-state index >= 15 is 0 Å². The van der Waals surface area contributed by atoms with Crippen LogP contribution >= 0.6 is 0 Å². The molecule has 5 heteroatoms. The van der Waals surface area contributed by atoms with Crippen molar-refractivity contribution in [3.8, 4) is 11.8 Å². The van der Waals surface area contributed by atoms with Crippen LogP contribution in [0.4, 0.5) is 0 Å². The van der Waals surface area contributed by atoms with Gasteiger partial charge < -0.3 is 15.0 Å². The second kappa shape index (κ2) is 6.73. The van der Waals surface area contributed by atoms with Crippen LogP contribution in [0.2, 0.25) is 0 Å². The lowest BCUT2D eigenvalue weighted by Crippen LogP contribution is -2.24. The maximum absolute atomic E-state index is 12.1. The smallest absolute Gasteiger partial charge is 0.251 e. The molecule has 2 rings (SSSR count). The first-order valence-electron chi connectivity index (χ1n) is 6.56. The Morgan fingerprint density at radius 2 is 2.29 bits per heavy atom. The van der Waals surface area contributed by atoms with Gasteiger partial charge in [0.05, 0.1) is 6.54 Å². The Kier molecular flexibility index (Phi) is 4.75. The van der Waals surface area contributed by atoms with E-state index in [4.69, 9.17) is 5.11 Å². The summed E-state index contributed by atoms with van der Waals surface area (Å²) < 4.78 is 1.86. The van der Waals surface area contributed by atoms with Gasteiger partial charge in [0, 0.05) is 30.6 Å². The predicted octanol–water partition coefficient (Wildman–Crippen LogP) is 1.00. The minimum atomic E-state index is -0.175. The summed E-state index contributed by atoms with van der Waals surface area (Å²) in [6.45, 7) is 2.09. The van der Waals surface area contributed by atoms with Gasteiger partial charge in [-0.1, -0.05) is 11.8 Å². The average molecular weight is 283 g/mol. The number of aliphatic hydroxyl groups is 1. The van der Waals surface area contributed by atoms with Crippen molar-refractivity contribution in [3.05, 3.63) is 53.1 Å². The fourth-order valence-corrected chi connectivity index (χ4v) is 1.91.